The molecule has 108 valence electrons. The lowest BCUT2D eigenvalue weighted by Crippen LogP contribution is -2.38. The van der Waals surface area contributed by atoms with Gasteiger partial charge in [-0.2, -0.15) is 0 Å². The number of amides is 1. The van der Waals surface area contributed by atoms with Gasteiger partial charge in [-0.05, 0) is 30.9 Å². The highest BCUT2D eigenvalue weighted by Crippen LogP contribution is 2.76. The van der Waals surface area contributed by atoms with Gasteiger partial charge in [0.15, 0.2) is 0 Å². The molecule has 1 aliphatic heterocycles. The maximum atomic E-state index is 12.6. The number of H-pyrrole nitrogens is 1. The standard InChI is InChI=1S/C16H14Cl2N2O/c17-9-3-10-11-7-20(15(21)16-5-8(16)6-16)2-1-13(11)19-14(10)12(18)4-9/h3-4,8,19H,1-2,5-7H2. The minimum atomic E-state index is 0.0545. The Morgan fingerprint density at radius 1 is 1.33 bits per heavy atom. The second kappa shape index (κ2) is 3.76. The van der Waals surface area contributed by atoms with Gasteiger partial charge in [0.05, 0.1) is 16.0 Å². The Kier molecular flexibility index (Phi) is 2.22. The van der Waals surface area contributed by atoms with Crippen molar-refractivity contribution in [2.75, 3.05) is 6.54 Å². The maximum absolute atomic E-state index is 12.6. The number of hydrogen-bond donors (Lipinski definition) is 1. The summed E-state index contributed by atoms with van der Waals surface area (Å²) in [6.07, 6.45) is 3.09. The summed E-state index contributed by atoms with van der Waals surface area (Å²) < 4.78 is 0. The second-order valence-corrected chi connectivity index (χ2v) is 7.47. The van der Waals surface area contributed by atoms with Crippen LogP contribution in [0, 0.1) is 11.3 Å². The third kappa shape index (κ3) is 1.59. The fourth-order valence-electron chi connectivity index (χ4n) is 3.78. The van der Waals surface area contributed by atoms with Crippen LogP contribution in [0.25, 0.3) is 10.9 Å². The largest absolute Gasteiger partial charge is 0.357 e. The van der Waals surface area contributed by atoms with E-state index in [1.54, 1.807) is 6.07 Å². The van der Waals surface area contributed by atoms with Crippen molar-refractivity contribution in [3.63, 3.8) is 0 Å². The number of benzene rings is 1. The van der Waals surface area contributed by atoms with Crippen molar-refractivity contribution in [2.24, 2.45) is 11.3 Å². The van der Waals surface area contributed by atoms with Crippen LogP contribution in [0.2, 0.25) is 10.0 Å². The molecule has 1 aromatic heterocycles. The molecule has 0 atom stereocenters. The predicted octanol–water partition coefficient (Wildman–Crippen LogP) is 3.77. The van der Waals surface area contributed by atoms with Crippen LogP contribution < -0.4 is 0 Å². The quantitative estimate of drug-likeness (QED) is 0.853. The highest BCUT2D eigenvalue weighted by Gasteiger charge is 2.75. The molecule has 2 aliphatic carbocycles. The Balaban J connectivity index is 1.57. The van der Waals surface area contributed by atoms with E-state index < -0.39 is 0 Å². The zero-order valence-corrected chi connectivity index (χ0v) is 12.9. The third-order valence-corrected chi connectivity index (χ3v) is 5.91. The van der Waals surface area contributed by atoms with Crippen LogP contribution in [-0.2, 0) is 17.8 Å². The molecule has 1 N–H and O–H groups in total. The molecule has 2 aromatic rings. The lowest BCUT2D eigenvalue weighted by atomic mass is 10.0. The van der Waals surface area contributed by atoms with Gasteiger partial charge in [-0.25, -0.2) is 0 Å². The number of halogens is 2. The Morgan fingerprint density at radius 2 is 2.10 bits per heavy atom. The molecule has 3 aliphatic rings. The van der Waals surface area contributed by atoms with Crippen molar-refractivity contribution < 1.29 is 4.79 Å². The first kappa shape index (κ1) is 12.4. The van der Waals surface area contributed by atoms with E-state index in [4.69, 9.17) is 23.2 Å². The average molecular weight is 321 g/mol. The molecule has 0 bridgehead atoms. The van der Waals surface area contributed by atoms with Crippen LogP contribution >= 0.6 is 23.2 Å². The van der Waals surface area contributed by atoms with Crippen LogP contribution in [0.5, 0.6) is 0 Å². The predicted molar refractivity (Wildman–Crippen MR) is 82.6 cm³/mol. The highest BCUT2D eigenvalue weighted by molar-refractivity contribution is 6.38. The fraction of sp³-hybridized carbons (Fsp3) is 0.438. The zero-order chi connectivity index (χ0) is 14.4. The first-order chi connectivity index (χ1) is 10.1. The van der Waals surface area contributed by atoms with E-state index in [0.29, 0.717) is 28.4 Å². The van der Waals surface area contributed by atoms with Crippen LogP contribution in [0.1, 0.15) is 24.1 Å². The molecule has 1 amide bonds. The smallest absolute Gasteiger partial charge is 0.229 e. The van der Waals surface area contributed by atoms with Gasteiger partial charge in [0.1, 0.15) is 0 Å². The summed E-state index contributed by atoms with van der Waals surface area (Å²) in [5.41, 5.74) is 3.37. The number of carbonyl (C=O) groups excluding carboxylic acids is 1. The summed E-state index contributed by atoms with van der Waals surface area (Å²) in [6, 6.07) is 3.70. The summed E-state index contributed by atoms with van der Waals surface area (Å²) in [7, 11) is 0. The Morgan fingerprint density at radius 3 is 2.81 bits per heavy atom. The minimum absolute atomic E-state index is 0.0545. The summed E-state index contributed by atoms with van der Waals surface area (Å²) in [5, 5.41) is 2.34. The van der Waals surface area contributed by atoms with Gasteiger partial charge < -0.3 is 9.88 Å². The van der Waals surface area contributed by atoms with E-state index in [9.17, 15) is 4.79 Å². The monoisotopic (exact) mass is 320 g/mol. The number of carbonyl (C=O) groups is 1. The van der Waals surface area contributed by atoms with E-state index in [-0.39, 0.29) is 5.41 Å². The number of nitrogens with zero attached hydrogens (tertiary/aromatic N) is 1. The molecule has 21 heavy (non-hydrogen) atoms. The Hall–Kier alpha value is -1.19. The van der Waals surface area contributed by atoms with Crippen molar-refractivity contribution >= 4 is 40.0 Å². The van der Waals surface area contributed by atoms with Gasteiger partial charge in [-0.3, -0.25) is 4.79 Å². The summed E-state index contributed by atoms with van der Waals surface area (Å²) >= 11 is 12.4. The molecule has 3 nitrogen and oxygen atoms in total. The van der Waals surface area contributed by atoms with Crippen molar-refractivity contribution in [1.82, 2.24) is 9.88 Å². The summed E-state index contributed by atoms with van der Waals surface area (Å²) in [5.74, 6) is 1.05. The van der Waals surface area contributed by atoms with Crippen LogP contribution in [0.4, 0.5) is 0 Å². The van der Waals surface area contributed by atoms with Crippen LogP contribution in [-0.4, -0.2) is 22.3 Å². The molecule has 2 fully saturated rings. The van der Waals surface area contributed by atoms with Gasteiger partial charge in [0.25, 0.3) is 0 Å². The molecule has 5 heteroatoms. The summed E-state index contributed by atoms with van der Waals surface area (Å²) in [4.78, 5) is 18.0. The van der Waals surface area contributed by atoms with E-state index in [2.05, 4.69) is 4.98 Å². The van der Waals surface area contributed by atoms with Crippen molar-refractivity contribution in [3.8, 4) is 0 Å². The van der Waals surface area contributed by atoms with E-state index in [1.807, 2.05) is 11.0 Å². The number of hydrogen-bond acceptors (Lipinski definition) is 1. The molecule has 0 unspecified atom stereocenters. The number of fused-ring (bicyclic) bond motifs is 4. The van der Waals surface area contributed by atoms with Crippen molar-refractivity contribution in [2.45, 2.75) is 25.8 Å². The van der Waals surface area contributed by atoms with Gasteiger partial charge in [-0.15, -0.1) is 0 Å². The van der Waals surface area contributed by atoms with Crippen LogP contribution in [0.3, 0.4) is 0 Å². The first-order valence-electron chi connectivity index (χ1n) is 7.36. The van der Waals surface area contributed by atoms with Gasteiger partial charge in [0, 0.05) is 41.2 Å². The van der Waals surface area contributed by atoms with Gasteiger partial charge in [-0.1, -0.05) is 23.2 Å². The molecule has 2 heterocycles. The number of aromatic nitrogens is 1. The molecule has 0 spiro atoms. The van der Waals surface area contributed by atoms with E-state index in [1.165, 1.54) is 11.3 Å². The average Bonchev–Trinajstić information content (AvgIpc) is 3.28. The zero-order valence-electron chi connectivity index (χ0n) is 11.4. The molecule has 0 saturated heterocycles. The molecule has 5 rings (SSSR count). The lowest BCUT2D eigenvalue weighted by molar-refractivity contribution is -0.135. The SMILES string of the molecule is O=C(N1CCc2[nH]c3c(Cl)cc(Cl)cc3c2C1)C12CC1C2. The molecular formula is C16H14Cl2N2O. The van der Waals surface area contributed by atoms with Crippen molar-refractivity contribution in [3.05, 3.63) is 33.4 Å². The topological polar surface area (TPSA) is 36.1 Å². The van der Waals surface area contributed by atoms with Gasteiger partial charge in [0.2, 0.25) is 5.91 Å². The third-order valence-electron chi connectivity index (χ3n) is 5.40. The highest BCUT2D eigenvalue weighted by atomic mass is 35.5. The lowest BCUT2D eigenvalue weighted by Gasteiger charge is -2.28. The maximum Gasteiger partial charge on any atom is 0.229 e. The van der Waals surface area contributed by atoms with Crippen LogP contribution in [0.15, 0.2) is 12.1 Å². The minimum Gasteiger partial charge on any atom is -0.357 e. The molecular weight excluding hydrogens is 307 g/mol. The normalized spacial score (nSPS) is 29.2. The Bertz CT molecular complexity index is 804. The Labute approximate surface area is 132 Å². The summed E-state index contributed by atoms with van der Waals surface area (Å²) in [6.45, 7) is 1.48. The van der Waals surface area contributed by atoms with E-state index in [0.717, 1.165) is 36.7 Å². The number of aromatic amines is 1. The first-order valence-corrected chi connectivity index (χ1v) is 8.12. The molecule has 0 radical (unpaired) electrons. The van der Waals surface area contributed by atoms with E-state index >= 15 is 0 Å². The molecule has 2 saturated carbocycles. The number of nitrogens with one attached hydrogen (secondary N) is 1. The number of rotatable bonds is 1. The second-order valence-electron chi connectivity index (χ2n) is 6.63. The van der Waals surface area contributed by atoms with Gasteiger partial charge >= 0.3 is 0 Å². The fourth-order valence-corrected chi connectivity index (χ4v) is 4.32. The van der Waals surface area contributed by atoms with Crippen molar-refractivity contribution in [1.29, 1.82) is 0 Å². The molecule has 1 aromatic carbocycles.